The SMILES string of the molecule is CN(Cc1cccc(Br)c1)C(=O)C(C#N)c1ccccc1. The highest BCUT2D eigenvalue weighted by Gasteiger charge is 2.23. The summed E-state index contributed by atoms with van der Waals surface area (Å²) in [6.07, 6.45) is 0. The molecule has 0 aliphatic carbocycles. The Morgan fingerprint density at radius 2 is 1.95 bits per heavy atom. The maximum atomic E-state index is 12.5. The molecule has 106 valence electrons. The number of hydrogen-bond donors (Lipinski definition) is 0. The van der Waals surface area contributed by atoms with Crippen LogP contribution in [-0.2, 0) is 11.3 Å². The zero-order valence-corrected chi connectivity index (χ0v) is 13.2. The van der Waals surface area contributed by atoms with Crippen LogP contribution in [0.5, 0.6) is 0 Å². The van der Waals surface area contributed by atoms with Crippen molar-refractivity contribution >= 4 is 21.8 Å². The van der Waals surface area contributed by atoms with Gasteiger partial charge in [0.1, 0.15) is 5.92 Å². The van der Waals surface area contributed by atoms with Crippen molar-refractivity contribution in [3.05, 3.63) is 70.2 Å². The summed E-state index contributed by atoms with van der Waals surface area (Å²) in [5.74, 6) is -0.952. The van der Waals surface area contributed by atoms with Gasteiger partial charge in [0.15, 0.2) is 0 Å². The summed E-state index contributed by atoms with van der Waals surface area (Å²) in [5.41, 5.74) is 1.75. The molecule has 21 heavy (non-hydrogen) atoms. The lowest BCUT2D eigenvalue weighted by molar-refractivity contribution is -0.130. The Morgan fingerprint density at radius 1 is 1.24 bits per heavy atom. The number of halogens is 1. The quantitative estimate of drug-likeness (QED) is 0.849. The molecule has 0 aromatic heterocycles. The molecule has 0 bridgehead atoms. The first kappa shape index (κ1) is 15.3. The number of nitriles is 1. The number of likely N-dealkylation sites (N-methyl/N-ethyl adjacent to an activating group) is 1. The van der Waals surface area contributed by atoms with Gasteiger partial charge in [0.05, 0.1) is 6.07 Å². The smallest absolute Gasteiger partial charge is 0.244 e. The minimum atomic E-state index is -0.761. The lowest BCUT2D eigenvalue weighted by Gasteiger charge is -2.20. The second-order valence-electron chi connectivity index (χ2n) is 4.80. The van der Waals surface area contributed by atoms with Gasteiger partial charge in [0.2, 0.25) is 5.91 Å². The van der Waals surface area contributed by atoms with Crippen molar-refractivity contribution in [2.75, 3.05) is 7.05 Å². The van der Waals surface area contributed by atoms with Gasteiger partial charge in [-0.3, -0.25) is 4.79 Å². The van der Waals surface area contributed by atoms with E-state index in [4.69, 9.17) is 0 Å². The van der Waals surface area contributed by atoms with E-state index in [1.807, 2.05) is 42.5 Å². The molecular formula is C17H15BrN2O. The molecule has 2 rings (SSSR count). The molecule has 2 aromatic carbocycles. The average Bonchev–Trinajstić information content (AvgIpc) is 2.49. The molecule has 0 aliphatic heterocycles. The van der Waals surface area contributed by atoms with E-state index in [1.165, 1.54) is 0 Å². The Kier molecular flexibility index (Phi) is 5.13. The van der Waals surface area contributed by atoms with Crippen LogP contribution in [0.2, 0.25) is 0 Å². The van der Waals surface area contributed by atoms with Crippen molar-refractivity contribution in [2.24, 2.45) is 0 Å². The van der Waals surface area contributed by atoms with Crippen molar-refractivity contribution in [2.45, 2.75) is 12.5 Å². The van der Waals surface area contributed by atoms with Gasteiger partial charge in [0, 0.05) is 18.1 Å². The van der Waals surface area contributed by atoms with Crippen LogP contribution in [0.1, 0.15) is 17.0 Å². The molecule has 0 heterocycles. The van der Waals surface area contributed by atoms with Crippen molar-refractivity contribution in [1.82, 2.24) is 4.90 Å². The first-order valence-electron chi connectivity index (χ1n) is 6.56. The number of benzene rings is 2. The molecule has 2 aromatic rings. The van der Waals surface area contributed by atoms with E-state index < -0.39 is 5.92 Å². The molecule has 1 amide bonds. The fourth-order valence-electron chi connectivity index (χ4n) is 2.13. The molecule has 1 unspecified atom stereocenters. The predicted molar refractivity (Wildman–Crippen MR) is 85.4 cm³/mol. The van der Waals surface area contributed by atoms with Crippen LogP contribution < -0.4 is 0 Å². The summed E-state index contributed by atoms with van der Waals surface area (Å²) in [4.78, 5) is 14.0. The zero-order valence-electron chi connectivity index (χ0n) is 11.7. The Hall–Kier alpha value is -2.12. The highest BCUT2D eigenvalue weighted by atomic mass is 79.9. The highest BCUT2D eigenvalue weighted by molar-refractivity contribution is 9.10. The lowest BCUT2D eigenvalue weighted by atomic mass is 9.99. The van der Waals surface area contributed by atoms with Gasteiger partial charge in [-0.25, -0.2) is 0 Å². The fourth-order valence-corrected chi connectivity index (χ4v) is 2.57. The molecule has 4 heteroatoms. The van der Waals surface area contributed by atoms with Crippen molar-refractivity contribution < 1.29 is 4.79 Å². The number of rotatable bonds is 4. The predicted octanol–water partition coefficient (Wildman–Crippen LogP) is 3.71. The van der Waals surface area contributed by atoms with E-state index in [0.29, 0.717) is 6.54 Å². The van der Waals surface area contributed by atoms with Crippen LogP contribution >= 0.6 is 15.9 Å². The van der Waals surface area contributed by atoms with Gasteiger partial charge in [-0.1, -0.05) is 58.4 Å². The number of hydrogen-bond acceptors (Lipinski definition) is 2. The summed E-state index contributed by atoms with van der Waals surface area (Å²) in [7, 11) is 1.72. The first-order valence-corrected chi connectivity index (χ1v) is 7.35. The summed E-state index contributed by atoms with van der Waals surface area (Å²) in [5, 5.41) is 9.30. The number of carbonyl (C=O) groups is 1. The van der Waals surface area contributed by atoms with Crippen molar-refractivity contribution in [3.63, 3.8) is 0 Å². The van der Waals surface area contributed by atoms with Gasteiger partial charge >= 0.3 is 0 Å². The number of nitrogens with zero attached hydrogens (tertiary/aromatic N) is 2. The normalized spacial score (nSPS) is 11.5. The Labute approximate surface area is 132 Å². The molecule has 0 N–H and O–H groups in total. The lowest BCUT2D eigenvalue weighted by Crippen LogP contribution is -2.30. The third-order valence-electron chi connectivity index (χ3n) is 3.19. The molecule has 0 saturated carbocycles. The molecule has 0 aliphatic rings. The molecular weight excluding hydrogens is 328 g/mol. The van der Waals surface area contributed by atoms with Crippen molar-refractivity contribution in [3.8, 4) is 6.07 Å². The Morgan fingerprint density at radius 3 is 2.57 bits per heavy atom. The molecule has 0 fully saturated rings. The maximum absolute atomic E-state index is 12.5. The van der Waals surface area contributed by atoms with E-state index in [2.05, 4.69) is 22.0 Å². The maximum Gasteiger partial charge on any atom is 0.244 e. The van der Waals surface area contributed by atoms with Gasteiger partial charge in [-0.15, -0.1) is 0 Å². The molecule has 3 nitrogen and oxygen atoms in total. The molecule has 0 radical (unpaired) electrons. The van der Waals surface area contributed by atoms with E-state index in [9.17, 15) is 10.1 Å². The summed E-state index contributed by atoms with van der Waals surface area (Å²) in [6.45, 7) is 0.475. The fraction of sp³-hybridized carbons (Fsp3) is 0.176. The first-order chi connectivity index (χ1) is 10.1. The number of amides is 1. The monoisotopic (exact) mass is 342 g/mol. The second-order valence-corrected chi connectivity index (χ2v) is 5.71. The average molecular weight is 343 g/mol. The van der Waals surface area contributed by atoms with E-state index in [-0.39, 0.29) is 5.91 Å². The topological polar surface area (TPSA) is 44.1 Å². The van der Waals surface area contributed by atoms with Crippen LogP contribution in [0.4, 0.5) is 0 Å². The Bertz CT molecular complexity index is 664. The van der Waals surface area contributed by atoms with E-state index >= 15 is 0 Å². The van der Waals surface area contributed by atoms with Gasteiger partial charge < -0.3 is 4.90 Å². The highest BCUT2D eigenvalue weighted by Crippen LogP contribution is 2.19. The minimum Gasteiger partial charge on any atom is -0.340 e. The third-order valence-corrected chi connectivity index (χ3v) is 3.69. The summed E-state index contributed by atoms with van der Waals surface area (Å²) in [6, 6.07) is 19.0. The van der Waals surface area contributed by atoms with E-state index in [1.54, 1.807) is 24.1 Å². The van der Waals surface area contributed by atoms with Crippen LogP contribution in [0.15, 0.2) is 59.1 Å². The molecule has 0 spiro atoms. The van der Waals surface area contributed by atoms with Gasteiger partial charge in [-0.2, -0.15) is 5.26 Å². The standard InChI is InChI=1S/C17H15BrN2O/c1-20(12-13-6-5-9-15(18)10-13)17(21)16(11-19)14-7-3-2-4-8-14/h2-10,16H,12H2,1H3. The van der Waals surface area contributed by atoms with Gasteiger partial charge in [-0.05, 0) is 23.3 Å². The van der Waals surface area contributed by atoms with Crippen LogP contribution in [-0.4, -0.2) is 17.9 Å². The van der Waals surface area contributed by atoms with Crippen LogP contribution in [0, 0.1) is 11.3 Å². The van der Waals surface area contributed by atoms with Gasteiger partial charge in [0.25, 0.3) is 0 Å². The summed E-state index contributed by atoms with van der Waals surface area (Å²) < 4.78 is 0.973. The minimum absolute atomic E-state index is 0.191. The zero-order chi connectivity index (χ0) is 15.2. The number of carbonyl (C=O) groups excluding carboxylic acids is 1. The molecule has 1 atom stereocenters. The van der Waals surface area contributed by atoms with Crippen LogP contribution in [0.25, 0.3) is 0 Å². The summed E-state index contributed by atoms with van der Waals surface area (Å²) >= 11 is 3.41. The largest absolute Gasteiger partial charge is 0.340 e. The Balaban J connectivity index is 2.13. The van der Waals surface area contributed by atoms with Crippen LogP contribution in [0.3, 0.4) is 0 Å². The van der Waals surface area contributed by atoms with Crippen molar-refractivity contribution in [1.29, 1.82) is 5.26 Å². The molecule has 0 saturated heterocycles. The van der Waals surface area contributed by atoms with E-state index in [0.717, 1.165) is 15.6 Å². The second kappa shape index (κ2) is 7.05. The third kappa shape index (κ3) is 3.93.